The Balaban J connectivity index is 1.11. The Labute approximate surface area is 289 Å². The predicted molar refractivity (Wildman–Crippen MR) is 203 cm³/mol. The third-order valence-corrected chi connectivity index (χ3v) is 11.3. The van der Waals surface area contributed by atoms with E-state index in [2.05, 4.69) is 147 Å². The van der Waals surface area contributed by atoms with Crippen LogP contribution in [0.15, 0.2) is 133 Å². The van der Waals surface area contributed by atoms with E-state index in [4.69, 9.17) is 15.0 Å². The first-order chi connectivity index (χ1) is 23.7. The van der Waals surface area contributed by atoms with Gasteiger partial charge in [0.15, 0.2) is 0 Å². The van der Waals surface area contributed by atoms with Gasteiger partial charge in [-0.3, -0.25) is 15.0 Å². The van der Waals surface area contributed by atoms with Gasteiger partial charge in [-0.05, 0) is 115 Å². The number of pyridine rings is 2. The Morgan fingerprint density at radius 2 is 1.61 bits per heavy atom. The molecule has 2 aromatic carbocycles. The van der Waals surface area contributed by atoms with E-state index < -0.39 is 5.54 Å². The molecule has 5 atom stereocenters. The number of benzene rings is 2. The molecule has 5 aromatic rings. The minimum absolute atomic E-state index is 0.0521. The summed E-state index contributed by atoms with van der Waals surface area (Å²) in [5, 5.41) is 0. The maximum Gasteiger partial charge on any atom is 0.126 e. The summed E-state index contributed by atoms with van der Waals surface area (Å²) < 4.78 is 2.37. The van der Waals surface area contributed by atoms with Crippen LogP contribution >= 0.6 is 0 Å². The highest BCUT2D eigenvalue weighted by Gasteiger charge is 2.49. The largest absolute Gasteiger partial charge is 0.330 e. The van der Waals surface area contributed by atoms with E-state index >= 15 is 0 Å². The van der Waals surface area contributed by atoms with Crippen LogP contribution in [0.5, 0.6) is 0 Å². The molecule has 0 radical (unpaired) electrons. The summed E-state index contributed by atoms with van der Waals surface area (Å²) in [5.74, 6) is 1.05. The van der Waals surface area contributed by atoms with Crippen molar-refractivity contribution < 1.29 is 0 Å². The topological polar surface area (TPSA) is 46.3 Å². The zero-order valence-electron chi connectivity index (χ0n) is 28.8. The van der Waals surface area contributed by atoms with Crippen molar-refractivity contribution in [2.75, 3.05) is 4.90 Å². The van der Waals surface area contributed by atoms with E-state index in [-0.39, 0.29) is 11.5 Å². The molecule has 5 heterocycles. The molecular formula is C44H41N5. The fourth-order valence-electron chi connectivity index (χ4n) is 8.28. The number of allylic oxidation sites excluding steroid dienone is 3. The Bertz CT molecular complexity index is 2250. The first-order valence-corrected chi connectivity index (χ1v) is 17.2. The molecule has 2 aliphatic heterocycles. The van der Waals surface area contributed by atoms with Gasteiger partial charge in [0.25, 0.3) is 0 Å². The molecule has 0 fully saturated rings. The lowest BCUT2D eigenvalue weighted by Gasteiger charge is -2.38. The van der Waals surface area contributed by atoms with Gasteiger partial charge >= 0.3 is 0 Å². The average molecular weight is 640 g/mol. The molecule has 1 aliphatic carbocycles. The smallest absolute Gasteiger partial charge is 0.126 e. The quantitative estimate of drug-likeness (QED) is 0.174. The summed E-state index contributed by atoms with van der Waals surface area (Å²) in [6.45, 7) is 15.1. The van der Waals surface area contributed by atoms with Crippen LogP contribution in [-0.4, -0.2) is 26.8 Å². The van der Waals surface area contributed by atoms with Crippen LogP contribution in [0, 0.1) is 17.3 Å². The Morgan fingerprint density at radius 3 is 2.35 bits per heavy atom. The van der Waals surface area contributed by atoms with Crippen LogP contribution < -0.4 is 4.90 Å². The maximum absolute atomic E-state index is 4.93. The van der Waals surface area contributed by atoms with E-state index in [1.807, 2.05) is 36.8 Å². The SMILES string of the molecule is C=C=C=CC(C)(C)C(C)C1C=Cc2c(c3ncccc3n2-c2ccc(-c3ccc(N4c5cccnc5C5(C)N=CC=CC45)cc3)cc2)C1C. The van der Waals surface area contributed by atoms with Crippen molar-refractivity contribution in [1.29, 1.82) is 0 Å². The lowest BCUT2D eigenvalue weighted by molar-refractivity contribution is 0.220. The van der Waals surface area contributed by atoms with Gasteiger partial charge in [0, 0.05) is 35.5 Å². The van der Waals surface area contributed by atoms with E-state index in [0.717, 1.165) is 33.8 Å². The number of aliphatic imine (C=N–C) groups is 1. The fraction of sp³-hybridized carbons (Fsp3) is 0.250. The molecule has 3 aromatic heterocycles. The third kappa shape index (κ3) is 4.81. The second-order valence-corrected chi connectivity index (χ2v) is 14.4. The number of fused-ring (bicyclic) bond motifs is 6. The highest BCUT2D eigenvalue weighted by atomic mass is 15.3. The van der Waals surface area contributed by atoms with Crippen LogP contribution in [0.3, 0.4) is 0 Å². The normalized spacial score (nSPS) is 22.6. The van der Waals surface area contributed by atoms with Crippen LogP contribution in [0.1, 0.15) is 57.5 Å². The molecule has 0 N–H and O–H groups in total. The van der Waals surface area contributed by atoms with Gasteiger partial charge < -0.3 is 9.47 Å². The van der Waals surface area contributed by atoms with Crippen LogP contribution in [0.25, 0.3) is 33.9 Å². The van der Waals surface area contributed by atoms with Crippen molar-refractivity contribution >= 4 is 34.7 Å². The Morgan fingerprint density at radius 1 is 0.918 bits per heavy atom. The summed E-state index contributed by atoms with van der Waals surface area (Å²) in [7, 11) is 0. The molecule has 0 spiro atoms. The number of aromatic nitrogens is 3. The van der Waals surface area contributed by atoms with Crippen LogP contribution in [-0.2, 0) is 5.54 Å². The third-order valence-electron chi connectivity index (χ3n) is 11.3. The second kappa shape index (κ2) is 11.6. The number of hydrogen-bond acceptors (Lipinski definition) is 4. The average Bonchev–Trinajstić information content (AvgIpc) is 3.61. The predicted octanol–water partition coefficient (Wildman–Crippen LogP) is 10.4. The van der Waals surface area contributed by atoms with Gasteiger partial charge in [-0.1, -0.05) is 75.6 Å². The van der Waals surface area contributed by atoms with Gasteiger partial charge in [-0.2, -0.15) is 0 Å². The zero-order valence-corrected chi connectivity index (χ0v) is 28.8. The van der Waals surface area contributed by atoms with Gasteiger partial charge in [0.05, 0.1) is 34.2 Å². The number of dihydropyridines is 1. The van der Waals surface area contributed by atoms with Gasteiger partial charge in [-0.15, -0.1) is 0 Å². The molecule has 5 nitrogen and oxygen atoms in total. The lowest BCUT2D eigenvalue weighted by atomic mass is 9.66. The monoisotopic (exact) mass is 639 g/mol. The molecular weight excluding hydrogens is 599 g/mol. The minimum Gasteiger partial charge on any atom is -0.330 e. The molecule has 5 unspecified atom stereocenters. The lowest BCUT2D eigenvalue weighted by Crippen LogP contribution is -2.39. The molecule has 49 heavy (non-hydrogen) atoms. The Hall–Kier alpha value is -5.47. The van der Waals surface area contributed by atoms with Crippen molar-refractivity contribution in [2.45, 2.75) is 52.1 Å². The molecule has 242 valence electrons. The summed E-state index contributed by atoms with van der Waals surface area (Å²) in [6, 6.07) is 26.3. The minimum atomic E-state index is -0.403. The van der Waals surface area contributed by atoms with Crippen molar-refractivity contribution in [3.05, 3.63) is 144 Å². The number of nitrogens with zero attached hydrogens (tertiary/aromatic N) is 5. The van der Waals surface area contributed by atoms with E-state index in [9.17, 15) is 0 Å². The zero-order chi connectivity index (χ0) is 33.9. The molecule has 0 saturated heterocycles. The standard InChI is InChI=1S/C44H41N5/c1-7-8-25-43(4,5)30(3)35-23-24-36-40(29(35)2)41-37(12-9-26-45-41)48(36)33-19-15-31(16-20-33)32-17-21-34(22-18-32)49-38-13-10-27-46-42(38)44(6)39(49)14-11-28-47-44/h9-30,35,39H,1H2,2-6H3. The van der Waals surface area contributed by atoms with E-state index in [1.54, 1.807) is 0 Å². The summed E-state index contributed by atoms with van der Waals surface area (Å²) in [4.78, 5) is 16.9. The van der Waals surface area contributed by atoms with E-state index in [1.165, 1.54) is 22.4 Å². The molecule has 0 amide bonds. The molecule has 5 heteroatoms. The van der Waals surface area contributed by atoms with Crippen molar-refractivity contribution in [1.82, 2.24) is 14.5 Å². The first-order valence-electron chi connectivity index (χ1n) is 17.2. The summed E-state index contributed by atoms with van der Waals surface area (Å²) in [6.07, 6.45) is 16.8. The van der Waals surface area contributed by atoms with E-state index in [0.29, 0.717) is 17.8 Å². The fourth-order valence-corrected chi connectivity index (χ4v) is 8.28. The molecule has 0 bridgehead atoms. The first kappa shape index (κ1) is 30.8. The maximum atomic E-state index is 4.93. The summed E-state index contributed by atoms with van der Waals surface area (Å²) in [5.41, 5.74) is 17.0. The van der Waals surface area contributed by atoms with Gasteiger partial charge in [-0.25, -0.2) is 0 Å². The highest BCUT2D eigenvalue weighted by Crippen LogP contribution is 2.50. The van der Waals surface area contributed by atoms with Gasteiger partial charge in [0.2, 0.25) is 0 Å². The van der Waals surface area contributed by atoms with Crippen LogP contribution in [0.2, 0.25) is 0 Å². The highest BCUT2D eigenvalue weighted by molar-refractivity contribution is 5.88. The number of rotatable bonds is 6. The number of hydrogen-bond donors (Lipinski definition) is 0. The molecule has 8 rings (SSSR count). The summed E-state index contributed by atoms with van der Waals surface area (Å²) >= 11 is 0. The molecule has 0 saturated carbocycles. The van der Waals surface area contributed by atoms with Crippen LogP contribution in [0.4, 0.5) is 11.4 Å². The Kier molecular flexibility index (Phi) is 7.30. The van der Waals surface area contributed by atoms with Crippen molar-refractivity contribution in [3.8, 4) is 16.8 Å². The van der Waals surface area contributed by atoms with Gasteiger partial charge in [0.1, 0.15) is 5.54 Å². The van der Waals surface area contributed by atoms with Crippen molar-refractivity contribution in [2.24, 2.45) is 22.2 Å². The number of anilines is 2. The van der Waals surface area contributed by atoms with Crippen molar-refractivity contribution in [3.63, 3.8) is 0 Å². The second-order valence-electron chi connectivity index (χ2n) is 14.4. The molecule has 3 aliphatic rings.